The molecule has 2 aromatic heterocycles. The van der Waals surface area contributed by atoms with Gasteiger partial charge in [0.05, 0.1) is 29.7 Å². The standard InChI is InChI=1S/C12H13N5O/c13-17-11-8-14-6-4-10(11)12(18)16-7-9-3-1-2-5-15-9/h1-6,8,17H,7,13H2,(H,16,18). The van der Waals surface area contributed by atoms with E-state index in [1.165, 1.54) is 12.4 Å². The molecule has 0 fully saturated rings. The summed E-state index contributed by atoms with van der Waals surface area (Å²) in [6, 6.07) is 7.14. The number of hydrogen-bond acceptors (Lipinski definition) is 5. The zero-order valence-corrected chi connectivity index (χ0v) is 9.63. The molecule has 0 unspecified atom stereocenters. The molecule has 2 rings (SSSR count). The molecule has 0 aliphatic carbocycles. The van der Waals surface area contributed by atoms with E-state index in [0.29, 0.717) is 17.8 Å². The smallest absolute Gasteiger partial charge is 0.253 e. The molecule has 0 radical (unpaired) electrons. The van der Waals surface area contributed by atoms with E-state index in [9.17, 15) is 4.79 Å². The Morgan fingerprint density at radius 1 is 1.28 bits per heavy atom. The Bertz CT molecular complexity index is 529. The summed E-state index contributed by atoms with van der Waals surface area (Å²) in [6.07, 6.45) is 4.72. The van der Waals surface area contributed by atoms with Crippen molar-refractivity contribution >= 4 is 11.6 Å². The summed E-state index contributed by atoms with van der Waals surface area (Å²) in [5.74, 6) is 5.09. The Labute approximate surface area is 104 Å². The quantitative estimate of drug-likeness (QED) is 0.542. The minimum Gasteiger partial charge on any atom is -0.346 e. The van der Waals surface area contributed by atoms with Gasteiger partial charge in [0.2, 0.25) is 0 Å². The first-order valence-electron chi connectivity index (χ1n) is 5.40. The fraction of sp³-hybridized carbons (Fsp3) is 0.0833. The van der Waals surface area contributed by atoms with E-state index in [1.807, 2.05) is 18.2 Å². The average Bonchev–Trinajstić information content (AvgIpc) is 2.45. The van der Waals surface area contributed by atoms with Crippen LogP contribution in [0.25, 0.3) is 0 Å². The molecule has 0 saturated heterocycles. The summed E-state index contributed by atoms with van der Waals surface area (Å²) in [5, 5.41) is 2.77. The van der Waals surface area contributed by atoms with Crippen LogP contribution in [0.4, 0.5) is 5.69 Å². The summed E-state index contributed by atoms with van der Waals surface area (Å²) in [5.41, 5.74) is 4.16. The third-order valence-electron chi connectivity index (χ3n) is 2.38. The van der Waals surface area contributed by atoms with Crippen LogP contribution in [0.2, 0.25) is 0 Å². The van der Waals surface area contributed by atoms with Gasteiger partial charge in [0, 0.05) is 12.4 Å². The molecular formula is C12H13N5O. The molecule has 0 saturated carbocycles. The van der Waals surface area contributed by atoms with Crippen LogP contribution in [0, 0.1) is 0 Å². The van der Waals surface area contributed by atoms with Gasteiger partial charge in [0.25, 0.3) is 5.91 Å². The van der Waals surface area contributed by atoms with Gasteiger partial charge in [-0.2, -0.15) is 0 Å². The Balaban J connectivity index is 2.04. The molecule has 0 bridgehead atoms. The lowest BCUT2D eigenvalue weighted by molar-refractivity contribution is 0.0951. The summed E-state index contributed by atoms with van der Waals surface area (Å²) in [6.45, 7) is 0.367. The van der Waals surface area contributed by atoms with E-state index in [2.05, 4.69) is 20.7 Å². The molecule has 0 atom stereocenters. The Morgan fingerprint density at radius 3 is 2.89 bits per heavy atom. The maximum atomic E-state index is 11.9. The van der Waals surface area contributed by atoms with E-state index >= 15 is 0 Å². The number of carbonyl (C=O) groups excluding carboxylic acids is 1. The van der Waals surface area contributed by atoms with Crippen molar-refractivity contribution in [2.75, 3.05) is 5.43 Å². The minimum absolute atomic E-state index is 0.226. The number of amides is 1. The Hall–Kier alpha value is -2.47. The molecule has 6 nitrogen and oxygen atoms in total. The van der Waals surface area contributed by atoms with Crippen LogP contribution in [-0.4, -0.2) is 15.9 Å². The van der Waals surface area contributed by atoms with Crippen LogP contribution in [0.5, 0.6) is 0 Å². The first-order chi connectivity index (χ1) is 8.81. The number of nitrogens with one attached hydrogen (secondary N) is 2. The highest BCUT2D eigenvalue weighted by molar-refractivity contribution is 5.99. The predicted molar refractivity (Wildman–Crippen MR) is 67.5 cm³/mol. The number of anilines is 1. The Morgan fingerprint density at radius 2 is 2.17 bits per heavy atom. The number of hydrazine groups is 1. The van der Waals surface area contributed by atoms with E-state index in [0.717, 1.165) is 5.69 Å². The van der Waals surface area contributed by atoms with Crippen molar-refractivity contribution in [3.8, 4) is 0 Å². The van der Waals surface area contributed by atoms with Gasteiger partial charge in [0.1, 0.15) is 0 Å². The summed E-state index contributed by atoms with van der Waals surface area (Å²) in [4.78, 5) is 19.9. The molecule has 1 amide bonds. The molecular weight excluding hydrogens is 230 g/mol. The second kappa shape index (κ2) is 5.74. The van der Waals surface area contributed by atoms with Gasteiger partial charge in [-0.15, -0.1) is 0 Å². The van der Waals surface area contributed by atoms with Crippen LogP contribution in [0.3, 0.4) is 0 Å². The van der Waals surface area contributed by atoms with Gasteiger partial charge in [-0.3, -0.25) is 20.6 Å². The highest BCUT2D eigenvalue weighted by Crippen LogP contribution is 2.11. The molecule has 92 valence electrons. The molecule has 18 heavy (non-hydrogen) atoms. The molecule has 2 heterocycles. The van der Waals surface area contributed by atoms with Gasteiger partial charge in [-0.1, -0.05) is 6.07 Å². The minimum atomic E-state index is -0.226. The zero-order chi connectivity index (χ0) is 12.8. The van der Waals surface area contributed by atoms with Crippen molar-refractivity contribution in [2.45, 2.75) is 6.54 Å². The van der Waals surface area contributed by atoms with Crippen molar-refractivity contribution < 1.29 is 4.79 Å². The molecule has 2 aromatic rings. The van der Waals surface area contributed by atoms with Crippen LogP contribution in [-0.2, 0) is 6.54 Å². The fourth-order valence-electron chi connectivity index (χ4n) is 1.48. The van der Waals surface area contributed by atoms with E-state index in [1.54, 1.807) is 12.3 Å². The van der Waals surface area contributed by atoms with Crippen molar-refractivity contribution in [1.82, 2.24) is 15.3 Å². The van der Waals surface area contributed by atoms with Crippen molar-refractivity contribution in [3.05, 3.63) is 54.1 Å². The summed E-state index contributed by atoms with van der Waals surface area (Å²) >= 11 is 0. The van der Waals surface area contributed by atoms with Gasteiger partial charge in [0.15, 0.2) is 0 Å². The number of nitrogen functional groups attached to an aromatic ring is 1. The third-order valence-corrected chi connectivity index (χ3v) is 2.38. The van der Waals surface area contributed by atoms with Crippen LogP contribution < -0.4 is 16.6 Å². The number of nitrogens with zero attached hydrogens (tertiary/aromatic N) is 2. The van der Waals surface area contributed by atoms with Gasteiger partial charge < -0.3 is 10.7 Å². The fourth-order valence-corrected chi connectivity index (χ4v) is 1.48. The SMILES string of the molecule is NNc1cnccc1C(=O)NCc1ccccn1. The van der Waals surface area contributed by atoms with Crippen molar-refractivity contribution in [1.29, 1.82) is 0 Å². The molecule has 6 heteroatoms. The topological polar surface area (TPSA) is 92.9 Å². The van der Waals surface area contributed by atoms with E-state index in [4.69, 9.17) is 5.84 Å². The van der Waals surface area contributed by atoms with Gasteiger partial charge in [-0.25, -0.2) is 0 Å². The number of nitrogens with two attached hydrogens (primary N) is 1. The largest absolute Gasteiger partial charge is 0.346 e. The second-order valence-electron chi connectivity index (χ2n) is 3.57. The van der Waals surface area contributed by atoms with Crippen LogP contribution >= 0.6 is 0 Å². The van der Waals surface area contributed by atoms with Gasteiger partial charge in [-0.05, 0) is 18.2 Å². The van der Waals surface area contributed by atoms with E-state index in [-0.39, 0.29) is 5.91 Å². The summed E-state index contributed by atoms with van der Waals surface area (Å²) < 4.78 is 0. The van der Waals surface area contributed by atoms with Gasteiger partial charge >= 0.3 is 0 Å². The molecule has 0 spiro atoms. The number of pyridine rings is 2. The lowest BCUT2D eigenvalue weighted by Crippen LogP contribution is -2.25. The summed E-state index contributed by atoms with van der Waals surface area (Å²) in [7, 11) is 0. The molecule has 0 aromatic carbocycles. The van der Waals surface area contributed by atoms with Crippen molar-refractivity contribution in [3.63, 3.8) is 0 Å². The monoisotopic (exact) mass is 243 g/mol. The number of aromatic nitrogens is 2. The molecule has 0 aliphatic heterocycles. The van der Waals surface area contributed by atoms with E-state index < -0.39 is 0 Å². The molecule has 4 N–H and O–H groups in total. The van der Waals surface area contributed by atoms with Crippen LogP contribution in [0.1, 0.15) is 16.1 Å². The highest BCUT2D eigenvalue weighted by Gasteiger charge is 2.10. The van der Waals surface area contributed by atoms with Crippen LogP contribution in [0.15, 0.2) is 42.9 Å². The Kier molecular flexibility index (Phi) is 3.83. The maximum absolute atomic E-state index is 11.9. The van der Waals surface area contributed by atoms with Crippen molar-refractivity contribution in [2.24, 2.45) is 5.84 Å². The first kappa shape index (κ1) is 12.0. The first-order valence-corrected chi connectivity index (χ1v) is 5.40. The normalized spacial score (nSPS) is 9.83. The molecule has 0 aliphatic rings. The maximum Gasteiger partial charge on any atom is 0.253 e. The number of hydrogen-bond donors (Lipinski definition) is 3. The zero-order valence-electron chi connectivity index (χ0n) is 9.63. The second-order valence-corrected chi connectivity index (χ2v) is 3.57. The predicted octanol–water partition coefficient (Wildman–Crippen LogP) is 0.692. The number of carbonyl (C=O) groups is 1. The highest BCUT2D eigenvalue weighted by atomic mass is 16.1. The number of rotatable bonds is 4. The lowest BCUT2D eigenvalue weighted by atomic mass is 10.2. The lowest BCUT2D eigenvalue weighted by Gasteiger charge is -2.08. The third kappa shape index (κ3) is 2.80. The average molecular weight is 243 g/mol.